The maximum atomic E-state index is 12.7. The molecule has 0 aliphatic carbocycles. The van der Waals surface area contributed by atoms with Gasteiger partial charge in [-0.05, 0) is 68.1 Å². The van der Waals surface area contributed by atoms with Gasteiger partial charge in [-0.3, -0.25) is 0 Å². The highest BCUT2D eigenvalue weighted by atomic mass is 32.2. The van der Waals surface area contributed by atoms with Crippen LogP contribution in [0.2, 0.25) is 0 Å². The first-order valence-corrected chi connectivity index (χ1v) is 14.8. The third-order valence-electron chi connectivity index (χ3n) is 6.90. The normalized spacial score (nSPS) is 16.1. The van der Waals surface area contributed by atoms with Crippen molar-refractivity contribution in [3.63, 3.8) is 0 Å². The number of urea groups is 1. The number of benzene rings is 3. The summed E-state index contributed by atoms with van der Waals surface area (Å²) in [5.41, 5.74) is 5.90. The Morgan fingerprint density at radius 1 is 1.12 bits per heavy atom. The smallest absolute Gasteiger partial charge is 0.406 e. The molecule has 0 radical (unpaired) electrons. The number of carbonyl (C=O) groups excluding carboxylic acids is 1. The summed E-state index contributed by atoms with van der Waals surface area (Å²) in [5, 5.41) is 8.05. The highest BCUT2D eigenvalue weighted by molar-refractivity contribution is 8.14. The standard InChI is InChI=1S/C31H31F3N6O2S/c1-4-23-17-20(2)5-14-27(23)40-21(3)18-43-30(40)37-29(41)35-16-15-22-6-8-24(9-7-22)28-36-19-39(38-28)25-10-12-26(13-11-25)42-31(32,33)34/h5-14,17,19,21H,4,15-16,18H2,1-3H3,(H,35,41)/b37-30-. The van der Waals surface area contributed by atoms with Crippen molar-refractivity contribution in [1.29, 1.82) is 0 Å². The van der Waals surface area contributed by atoms with E-state index < -0.39 is 6.36 Å². The van der Waals surface area contributed by atoms with Crippen molar-refractivity contribution < 1.29 is 22.7 Å². The van der Waals surface area contributed by atoms with Crippen molar-refractivity contribution in [3.05, 3.63) is 89.7 Å². The summed E-state index contributed by atoms with van der Waals surface area (Å²) in [6.07, 6.45) is -1.73. The number of ether oxygens (including phenoxy) is 1. The van der Waals surface area contributed by atoms with Crippen molar-refractivity contribution in [2.45, 2.75) is 46.0 Å². The third-order valence-corrected chi connectivity index (χ3v) is 8.10. The molecule has 2 amide bonds. The number of nitrogens with zero attached hydrogens (tertiary/aromatic N) is 5. The van der Waals surface area contributed by atoms with Crippen LogP contribution < -0.4 is 15.0 Å². The number of rotatable bonds is 8. The predicted octanol–water partition coefficient (Wildman–Crippen LogP) is 6.95. The Morgan fingerprint density at radius 3 is 2.56 bits per heavy atom. The Hall–Kier alpha value is -4.32. The van der Waals surface area contributed by atoms with Gasteiger partial charge >= 0.3 is 12.4 Å². The summed E-state index contributed by atoms with van der Waals surface area (Å²) in [5.74, 6) is 1.03. The predicted molar refractivity (Wildman–Crippen MR) is 163 cm³/mol. The number of thioether (sulfide) groups is 1. The quantitative estimate of drug-likeness (QED) is 0.233. The summed E-state index contributed by atoms with van der Waals surface area (Å²) >= 11 is 1.59. The van der Waals surface area contributed by atoms with Crippen LogP contribution in [0.3, 0.4) is 0 Å². The van der Waals surface area contributed by atoms with Crippen LogP contribution in [-0.2, 0) is 12.8 Å². The Kier molecular flexibility index (Phi) is 9.05. The third kappa shape index (κ3) is 7.56. The number of aryl methyl sites for hydroxylation is 2. The molecule has 1 saturated heterocycles. The Balaban J connectivity index is 1.16. The highest BCUT2D eigenvalue weighted by Gasteiger charge is 2.31. The number of hydrogen-bond acceptors (Lipinski definition) is 5. The lowest BCUT2D eigenvalue weighted by Crippen LogP contribution is -2.34. The van der Waals surface area contributed by atoms with Crippen LogP contribution in [-0.4, -0.2) is 50.7 Å². The van der Waals surface area contributed by atoms with Gasteiger partial charge in [-0.15, -0.1) is 18.3 Å². The van der Waals surface area contributed by atoms with E-state index >= 15 is 0 Å². The van der Waals surface area contributed by atoms with Crippen LogP contribution in [0.15, 0.2) is 78.0 Å². The number of amides is 2. The molecule has 1 aliphatic rings. The largest absolute Gasteiger partial charge is 0.573 e. The van der Waals surface area contributed by atoms with E-state index in [9.17, 15) is 18.0 Å². The van der Waals surface area contributed by atoms with Crippen LogP contribution in [0.4, 0.5) is 23.7 Å². The average Bonchev–Trinajstić information content (AvgIpc) is 3.60. The van der Waals surface area contributed by atoms with Crippen LogP contribution in [0.1, 0.15) is 30.5 Å². The molecule has 0 saturated carbocycles. The molecule has 2 heterocycles. The lowest BCUT2D eigenvalue weighted by molar-refractivity contribution is -0.274. The number of halogens is 3. The fourth-order valence-electron chi connectivity index (χ4n) is 4.77. The van der Waals surface area contributed by atoms with E-state index in [1.165, 1.54) is 46.4 Å². The maximum Gasteiger partial charge on any atom is 0.573 e. The van der Waals surface area contributed by atoms with Crippen LogP contribution >= 0.6 is 11.8 Å². The van der Waals surface area contributed by atoms with Gasteiger partial charge in [0.25, 0.3) is 0 Å². The molecule has 12 heteroatoms. The second-order valence-electron chi connectivity index (χ2n) is 10.1. The molecule has 1 fully saturated rings. The Labute approximate surface area is 252 Å². The first kappa shape index (κ1) is 30.1. The molecule has 5 rings (SSSR count). The van der Waals surface area contributed by atoms with Gasteiger partial charge in [-0.2, -0.15) is 4.99 Å². The zero-order valence-corrected chi connectivity index (χ0v) is 24.7. The van der Waals surface area contributed by atoms with E-state index in [1.54, 1.807) is 11.8 Å². The number of anilines is 1. The van der Waals surface area contributed by atoms with Crippen LogP contribution in [0, 0.1) is 6.92 Å². The zero-order chi connectivity index (χ0) is 30.6. The number of amidine groups is 1. The number of alkyl halides is 3. The molecule has 224 valence electrons. The molecule has 1 N–H and O–H groups in total. The second-order valence-corrected chi connectivity index (χ2v) is 11.1. The average molecular weight is 609 g/mol. The molecule has 1 atom stereocenters. The van der Waals surface area contributed by atoms with Crippen molar-refractivity contribution in [1.82, 2.24) is 20.1 Å². The van der Waals surface area contributed by atoms with Crippen molar-refractivity contribution >= 4 is 28.6 Å². The summed E-state index contributed by atoms with van der Waals surface area (Å²) < 4.78 is 42.6. The number of hydrogen-bond donors (Lipinski definition) is 1. The van der Waals surface area contributed by atoms with E-state index in [0.29, 0.717) is 29.6 Å². The first-order chi connectivity index (χ1) is 20.6. The molecule has 0 bridgehead atoms. The molecule has 0 spiro atoms. The van der Waals surface area contributed by atoms with Gasteiger partial charge < -0.3 is 15.0 Å². The van der Waals surface area contributed by atoms with Crippen molar-refractivity contribution in [2.24, 2.45) is 4.99 Å². The first-order valence-electron chi connectivity index (χ1n) is 13.8. The summed E-state index contributed by atoms with van der Waals surface area (Å²) in [6, 6.07) is 19.3. The second kappa shape index (κ2) is 12.9. The SMILES string of the molecule is CCc1cc(C)ccc1N1/C(=N/C(=O)NCCc2ccc(-c3ncn(-c4ccc(OC(F)(F)F)cc4)n3)cc2)SCC1C. The summed E-state index contributed by atoms with van der Waals surface area (Å²) in [7, 11) is 0. The number of carbonyl (C=O) groups is 1. The highest BCUT2D eigenvalue weighted by Crippen LogP contribution is 2.33. The minimum Gasteiger partial charge on any atom is -0.406 e. The molecule has 1 unspecified atom stereocenters. The summed E-state index contributed by atoms with van der Waals surface area (Å²) in [6.45, 7) is 6.79. The van der Waals surface area contributed by atoms with E-state index in [2.05, 4.69) is 69.0 Å². The zero-order valence-electron chi connectivity index (χ0n) is 23.9. The van der Waals surface area contributed by atoms with Gasteiger partial charge in [-0.25, -0.2) is 14.5 Å². The van der Waals surface area contributed by atoms with Gasteiger partial charge in [0.15, 0.2) is 11.0 Å². The fraction of sp³-hybridized carbons (Fsp3) is 0.290. The van der Waals surface area contributed by atoms with E-state index in [-0.39, 0.29) is 17.8 Å². The van der Waals surface area contributed by atoms with Gasteiger partial charge in [-0.1, -0.05) is 60.6 Å². The Bertz CT molecular complexity index is 1600. The molecular formula is C31H31F3N6O2S. The van der Waals surface area contributed by atoms with Gasteiger partial charge in [0, 0.05) is 29.6 Å². The number of nitrogens with one attached hydrogen (secondary N) is 1. The van der Waals surface area contributed by atoms with Crippen LogP contribution in [0.5, 0.6) is 5.75 Å². The Morgan fingerprint density at radius 2 is 1.86 bits per heavy atom. The van der Waals surface area contributed by atoms with E-state index in [4.69, 9.17) is 0 Å². The van der Waals surface area contributed by atoms with Crippen molar-refractivity contribution in [3.8, 4) is 22.8 Å². The molecule has 1 aliphatic heterocycles. The number of aliphatic imine (C=N–C) groups is 1. The number of aromatic nitrogens is 3. The van der Waals surface area contributed by atoms with Gasteiger partial charge in [0.1, 0.15) is 12.1 Å². The van der Waals surface area contributed by atoms with Gasteiger partial charge in [0.05, 0.1) is 5.69 Å². The van der Waals surface area contributed by atoms with E-state index in [1.807, 2.05) is 24.3 Å². The molecule has 3 aromatic carbocycles. The monoisotopic (exact) mass is 608 g/mol. The minimum atomic E-state index is -4.75. The van der Waals surface area contributed by atoms with Crippen molar-refractivity contribution in [2.75, 3.05) is 17.2 Å². The molecule has 8 nitrogen and oxygen atoms in total. The topological polar surface area (TPSA) is 84.6 Å². The lowest BCUT2D eigenvalue weighted by Gasteiger charge is -2.26. The molecule has 43 heavy (non-hydrogen) atoms. The lowest BCUT2D eigenvalue weighted by atomic mass is 10.1. The minimum absolute atomic E-state index is 0.238. The fourth-order valence-corrected chi connectivity index (χ4v) is 5.87. The molecule has 1 aromatic heterocycles. The van der Waals surface area contributed by atoms with Gasteiger partial charge in [0.2, 0.25) is 0 Å². The maximum absolute atomic E-state index is 12.7. The van der Waals surface area contributed by atoms with E-state index in [0.717, 1.165) is 29.0 Å². The van der Waals surface area contributed by atoms with Crippen LogP contribution in [0.25, 0.3) is 17.1 Å². The molecule has 4 aromatic rings. The summed E-state index contributed by atoms with van der Waals surface area (Å²) in [4.78, 5) is 23.6. The molecular weight excluding hydrogens is 577 g/mol.